The molecule has 0 bridgehead atoms. The Bertz CT molecular complexity index is 563. The number of nitrogens with one attached hydrogen (secondary N) is 2. The van der Waals surface area contributed by atoms with Gasteiger partial charge in [0.1, 0.15) is 6.04 Å². The number of piperazine rings is 1. The number of nitrogens with zero attached hydrogens (tertiary/aromatic N) is 1. The van der Waals surface area contributed by atoms with Crippen LogP contribution < -0.4 is 10.6 Å². The van der Waals surface area contributed by atoms with Crippen LogP contribution in [0.4, 0.5) is 13.2 Å². The third-order valence-electron chi connectivity index (χ3n) is 3.62. The second kappa shape index (κ2) is 7.70. The van der Waals surface area contributed by atoms with Crippen LogP contribution >= 0.6 is 23.2 Å². The van der Waals surface area contributed by atoms with Crippen molar-refractivity contribution in [3.63, 3.8) is 0 Å². The van der Waals surface area contributed by atoms with E-state index in [4.69, 9.17) is 23.2 Å². The van der Waals surface area contributed by atoms with E-state index in [-0.39, 0.29) is 28.7 Å². The number of benzene rings is 1. The van der Waals surface area contributed by atoms with Crippen molar-refractivity contribution in [2.45, 2.75) is 12.2 Å². The predicted octanol–water partition coefficient (Wildman–Crippen LogP) is 2.56. The molecule has 1 aromatic carbocycles. The summed E-state index contributed by atoms with van der Waals surface area (Å²) in [5.74, 6) is -0.679. The number of alkyl halides is 3. The molecule has 0 aromatic heterocycles. The summed E-state index contributed by atoms with van der Waals surface area (Å²) in [4.78, 5) is 13.4. The minimum Gasteiger partial charge on any atom is -0.350 e. The number of carbonyl (C=O) groups excluding carboxylic acids is 1. The quantitative estimate of drug-likeness (QED) is 0.857. The summed E-state index contributed by atoms with van der Waals surface area (Å²) in [6.07, 6.45) is -4.43. The largest absolute Gasteiger partial charge is 0.405 e. The summed E-state index contributed by atoms with van der Waals surface area (Å²) < 4.78 is 39.7. The van der Waals surface area contributed by atoms with Gasteiger partial charge >= 0.3 is 6.18 Å². The topological polar surface area (TPSA) is 44.4 Å². The Labute approximate surface area is 141 Å². The van der Waals surface area contributed by atoms with Gasteiger partial charge in [0.05, 0.1) is 15.6 Å². The van der Waals surface area contributed by atoms with Crippen LogP contribution in [-0.2, 0) is 0 Å². The highest BCUT2D eigenvalue weighted by atomic mass is 35.5. The van der Waals surface area contributed by atoms with Crippen LogP contribution in [0.3, 0.4) is 0 Å². The summed E-state index contributed by atoms with van der Waals surface area (Å²) in [5.41, 5.74) is 0.0559. The Morgan fingerprint density at radius 2 is 1.96 bits per heavy atom. The first kappa shape index (κ1) is 18.3. The van der Waals surface area contributed by atoms with Gasteiger partial charge in [-0.2, -0.15) is 13.2 Å². The highest BCUT2D eigenvalue weighted by molar-refractivity contribution is 6.43. The molecule has 9 heteroatoms. The molecule has 0 aliphatic carbocycles. The van der Waals surface area contributed by atoms with Crippen molar-refractivity contribution in [2.24, 2.45) is 0 Å². The Balaban J connectivity index is 2.05. The van der Waals surface area contributed by atoms with Crippen LogP contribution in [0, 0.1) is 0 Å². The lowest BCUT2D eigenvalue weighted by Gasteiger charge is -2.35. The van der Waals surface area contributed by atoms with Crippen molar-refractivity contribution in [3.8, 4) is 0 Å². The summed E-state index contributed by atoms with van der Waals surface area (Å²) in [6.45, 7) is 0.989. The Hall–Kier alpha value is -1.02. The molecule has 2 rings (SSSR count). The van der Waals surface area contributed by atoms with Crippen molar-refractivity contribution in [1.29, 1.82) is 0 Å². The van der Waals surface area contributed by atoms with Crippen molar-refractivity contribution < 1.29 is 18.0 Å². The van der Waals surface area contributed by atoms with Gasteiger partial charge in [-0.3, -0.25) is 9.69 Å². The molecule has 1 atom stereocenters. The number of halogens is 5. The van der Waals surface area contributed by atoms with Crippen molar-refractivity contribution in [1.82, 2.24) is 15.5 Å². The first-order valence-corrected chi connectivity index (χ1v) is 7.80. The first-order valence-electron chi connectivity index (χ1n) is 7.04. The lowest BCUT2D eigenvalue weighted by Crippen LogP contribution is -2.57. The van der Waals surface area contributed by atoms with Gasteiger partial charge in [-0.1, -0.05) is 29.3 Å². The molecule has 1 fully saturated rings. The van der Waals surface area contributed by atoms with Gasteiger partial charge in [0, 0.05) is 32.7 Å². The molecule has 1 aromatic rings. The zero-order chi connectivity index (χ0) is 17.0. The van der Waals surface area contributed by atoms with Gasteiger partial charge in [-0.25, -0.2) is 0 Å². The van der Waals surface area contributed by atoms with Gasteiger partial charge in [-0.05, 0) is 12.1 Å². The fraction of sp³-hybridized carbons (Fsp3) is 0.500. The van der Waals surface area contributed by atoms with E-state index >= 15 is 0 Å². The molecule has 1 aliphatic heterocycles. The lowest BCUT2D eigenvalue weighted by molar-refractivity contribution is -0.183. The molecule has 1 heterocycles. The molecule has 0 saturated carbocycles. The Kier molecular flexibility index (Phi) is 6.13. The third kappa shape index (κ3) is 4.73. The minimum absolute atomic E-state index is 0.0254. The molecule has 1 aliphatic rings. The molecular weight excluding hydrogens is 354 g/mol. The number of carbonyl (C=O) groups is 1. The van der Waals surface area contributed by atoms with Crippen LogP contribution in [-0.4, -0.2) is 55.7 Å². The second-order valence-electron chi connectivity index (χ2n) is 5.15. The van der Waals surface area contributed by atoms with E-state index in [1.165, 1.54) is 23.1 Å². The van der Waals surface area contributed by atoms with E-state index in [9.17, 15) is 18.0 Å². The standard InChI is InChI=1S/C14H16Cl2F3N3O/c15-10-3-1-2-9(12(10)16)13(23)21-8-11(14(17,18)19)22-6-4-20-5-7-22/h1-3,11,20H,4-8H2,(H,21,23). The molecule has 1 amide bonds. The number of rotatable bonds is 4. The summed E-state index contributed by atoms with van der Waals surface area (Å²) >= 11 is 11.7. The maximum absolute atomic E-state index is 13.2. The predicted molar refractivity (Wildman–Crippen MR) is 83.1 cm³/mol. The third-order valence-corrected chi connectivity index (χ3v) is 4.44. The molecule has 1 unspecified atom stereocenters. The second-order valence-corrected chi connectivity index (χ2v) is 5.94. The van der Waals surface area contributed by atoms with Crippen LogP contribution in [0.25, 0.3) is 0 Å². The van der Waals surface area contributed by atoms with E-state index in [2.05, 4.69) is 10.6 Å². The van der Waals surface area contributed by atoms with Crippen LogP contribution in [0.5, 0.6) is 0 Å². The van der Waals surface area contributed by atoms with Crippen LogP contribution in [0.2, 0.25) is 10.0 Å². The minimum atomic E-state index is -4.43. The normalized spacial score (nSPS) is 17.8. The molecule has 2 N–H and O–H groups in total. The average Bonchev–Trinajstić information content (AvgIpc) is 2.50. The maximum Gasteiger partial charge on any atom is 0.405 e. The van der Waals surface area contributed by atoms with Gasteiger partial charge in [0.15, 0.2) is 0 Å². The van der Waals surface area contributed by atoms with E-state index in [0.717, 1.165) is 0 Å². The van der Waals surface area contributed by atoms with Gasteiger partial charge < -0.3 is 10.6 Å². The van der Waals surface area contributed by atoms with E-state index in [1.807, 2.05) is 0 Å². The zero-order valence-corrected chi connectivity index (χ0v) is 13.6. The highest BCUT2D eigenvalue weighted by Crippen LogP contribution is 2.27. The van der Waals surface area contributed by atoms with Crippen LogP contribution in [0.1, 0.15) is 10.4 Å². The maximum atomic E-state index is 13.2. The van der Waals surface area contributed by atoms with E-state index in [1.54, 1.807) is 0 Å². The molecule has 0 spiro atoms. The first-order chi connectivity index (χ1) is 10.8. The fourth-order valence-electron chi connectivity index (χ4n) is 2.41. The molecular formula is C14H16Cl2F3N3O. The number of hydrogen-bond donors (Lipinski definition) is 2. The zero-order valence-electron chi connectivity index (χ0n) is 12.1. The average molecular weight is 370 g/mol. The monoisotopic (exact) mass is 369 g/mol. The molecule has 128 valence electrons. The summed E-state index contributed by atoms with van der Waals surface area (Å²) in [6, 6.07) is 2.70. The molecule has 4 nitrogen and oxygen atoms in total. The van der Waals surface area contributed by atoms with Gasteiger partial charge in [0.2, 0.25) is 0 Å². The van der Waals surface area contributed by atoms with E-state index in [0.29, 0.717) is 13.1 Å². The van der Waals surface area contributed by atoms with Crippen molar-refractivity contribution in [2.75, 3.05) is 32.7 Å². The smallest absolute Gasteiger partial charge is 0.350 e. The Morgan fingerprint density at radius 1 is 1.30 bits per heavy atom. The molecule has 0 radical (unpaired) electrons. The molecule has 23 heavy (non-hydrogen) atoms. The fourth-order valence-corrected chi connectivity index (χ4v) is 2.80. The lowest BCUT2D eigenvalue weighted by atomic mass is 10.1. The highest BCUT2D eigenvalue weighted by Gasteiger charge is 2.43. The van der Waals surface area contributed by atoms with Crippen molar-refractivity contribution in [3.05, 3.63) is 33.8 Å². The summed E-state index contributed by atoms with van der Waals surface area (Å²) in [5, 5.41) is 5.50. The SMILES string of the molecule is O=C(NCC(N1CCNCC1)C(F)(F)F)c1cccc(Cl)c1Cl. The van der Waals surface area contributed by atoms with Gasteiger partial charge in [-0.15, -0.1) is 0 Å². The van der Waals surface area contributed by atoms with E-state index < -0.39 is 24.7 Å². The van der Waals surface area contributed by atoms with Crippen molar-refractivity contribution >= 4 is 29.1 Å². The number of hydrogen-bond acceptors (Lipinski definition) is 3. The Morgan fingerprint density at radius 3 is 2.57 bits per heavy atom. The summed E-state index contributed by atoms with van der Waals surface area (Å²) in [7, 11) is 0. The number of amides is 1. The van der Waals surface area contributed by atoms with Gasteiger partial charge in [0.25, 0.3) is 5.91 Å². The molecule has 1 saturated heterocycles. The van der Waals surface area contributed by atoms with Crippen LogP contribution in [0.15, 0.2) is 18.2 Å².